The third kappa shape index (κ3) is 2.69. The molecule has 0 atom stereocenters. The van der Waals surface area contributed by atoms with E-state index in [1.54, 1.807) is 0 Å². The number of anilines is 2. The van der Waals surface area contributed by atoms with Gasteiger partial charge >= 0.3 is 0 Å². The van der Waals surface area contributed by atoms with Gasteiger partial charge in [0.15, 0.2) is 5.75 Å². The van der Waals surface area contributed by atoms with Crippen LogP contribution < -0.4 is 10.1 Å². The molecule has 0 saturated carbocycles. The van der Waals surface area contributed by atoms with Crippen LogP contribution >= 0.6 is 0 Å². The van der Waals surface area contributed by atoms with Crippen LogP contribution in [0, 0.1) is 0 Å². The zero-order valence-corrected chi connectivity index (χ0v) is 21.5. The number of nitrogens with one attached hydrogen (secondary N) is 1. The van der Waals surface area contributed by atoms with E-state index in [0.717, 1.165) is 50.4 Å². The second kappa shape index (κ2) is 7.87. The molecule has 1 aromatic heterocycles. The SMILES string of the molecule is c1ccc2c(c1)Oc1c(Nc3cccc4oc5ccccc5c34)cccc1C21c2ccccc2-c2ccccc21. The van der Waals surface area contributed by atoms with Gasteiger partial charge in [0, 0.05) is 16.5 Å². The summed E-state index contributed by atoms with van der Waals surface area (Å²) in [5.41, 5.74) is 10.6. The van der Waals surface area contributed by atoms with Crippen molar-refractivity contribution in [2.24, 2.45) is 0 Å². The zero-order valence-electron chi connectivity index (χ0n) is 21.5. The van der Waals surface area contributed by atoms with Gasteiger partial charge in [0.25, 0.3) is 0 Å². The van der Waals surface area contributed by atoms with Crippen molar-refractivity contribution in [2.75, 3.05) is 5.32 Å². The van der Waals surface area contributed by atoms with Gasteiger partial charge in [0.1, 0.15) is 16.9 Å². The summed E-state index contributed by atoms with van der Waals surface area (Å²) in [5.74, 6) is 1.72. The van der Waals surface area contributed by atoms with E-state index < -0.39 is 5.41 Å². The summed E-state index contributed by atoms with van der Waals surface area (Å²) in [6, 6.07) is 46.9. The predicted octanol–water partition coefficient (Wildman–Crippen LogP) is 9.80. The van der Waals surface area contributed by atoms with Crippen LogP contribution in [-0.4, -0.2) is 0 Å². The lowest BCUT2D eigenvalue weighted by atomic mass is 9.66. The average molecular weight is 514 g/mol. The maximum absolute atomic E-state index is 6.79. The number of hydrogen-bond donors (Lipinski definition) is 1. The van der Waals surface area contributed by atoms with Crippen molar-refractivity contribution < 1.29 is 9.15 Å². The summed E-state index contributed by atoms with van der Waals surface area (Å²) in [5, 5.41) is 5.91. The molecule has 40 heavy (non-hydrogen) atoms. The molecule has 3 nitrogen and oxygen atoms in total. The van der Waals surface area contributed by atoms with Gasteiger partial charge in [0.2, 0.25) is 0 Å². The fraction of sp³-hybridized carbons (Fsp3) is 0.0270. The Morgan fingerprint density at radius 1 is 0.475 bits per heavy atom. The molecule has 9 rings (SSSR count). The van der Waals surface area contributed by atoms with Crippen LogP contribution in [0.25, 0.3) is 33.1 Å². The zero-order chi connectivity index (χ0) is 26.3. The molecule has 0 unspecified atom stereocenters. The van der Waals surface area contributed by atoms with Crippen LogP contribution in [0.4, 0.5) is 11.4 Å². The van der Waals surface area contributed by atoms with E-state index in [9.17, 15) is 0 Å². The van der Waals surface area contributed by atoms with Crippen molar-refractivity contribution in [3.8, 4) is 22.6 Å². The Balaban J connectivity index is 1.33. The third-order valence-electron chi connectivity index (χ3n) is 8.55. The fourth-order valence-electron chi connectivity index (χ4n) is 7.00. The summed E-state index contributed by atoms with van der Waals surface area (Å²) in [6.45, 7) is 0. The molecule has 7 aromatic rings. The number of furan rings is 1. The summed E-state index contributed by atoms with van der Waals surface area (Å²) in [7, 11) is 0. The van der Waals surface area contributed by atoms with Gasteiger partial charge < -0.3 is 14.5 Å². The summed E-state index contributed by atoms with van der Waals surface area (Å²) < 4.78 is 13.0. The van der Waals surface area contributed by atoms with Crippen LogP contribution in [0.2, 0.25) is 0 Å². The highest BCUT2D eigenvalue weighted by Crippen LogP contribution is 2.63. The van der Waals surface area contributed by atoms with E-state index in [1.165, 1.54) is 27.8 Å². The number of hydrogen-bond acceptors (Lipinski definition) is 3. The van der Waals surface area contributed by atoms with Crippen LogP contribution in [0.15, 0.2) is 138 Å². The Kier molecular flexibility index (Phi) is 4.26. The first kappa shape index (κ1) is 21.6. The first-order valence-corrected chi connectivity index (χ1v) is 13.6. The topological polar surface area (TPSA) is 34.4 Å². The van der Waals surface area contributed by atoms with E-state index in [-0.39, 0.29) is 0 Å². The molecule has 2 heterocycles. The molecule has 1 N–H and O–H groups in total. The van der Waals surface area contributed by atoms with E-state index >= 15 is 0 Å². The number of benzene rings is 6. The van der Waals surface area contributed by atoms with Gasteiger partial charge in [-0.1, -0.05) is 103 Å². The second-order valence-electron chi connectivity index (χ2n) is 10.5. The first-order valence-electron chi connectivity index (χ1n) is 13.6. The smallest absolute Gasteiger partial charge is 0.155 e. The largest absolute Gasteiger partial charge is 0.456 e. The maximum atomic E-state index is 6.79. The molecule has 2 aliphatic rings. The first-order chi connectivity index (χ1) is 19.8. The van der Waals surface area contributed by atoms with Crippen molar-refractivity contribution >= 4 is 33.3 Å². The monoisotopic (exact) mass is 513 g/mol. The fourth-order valence-corrected chi connectivity index (χ4v) is 7.00. The summed E-state index contributed by atoms with van der Waals surface area (Å²) in [4.78, 5) is 0. The summed E-state index contributed by atoms with van der Waals surface area (Å²) in [6.07, 6.45) is 0. The quantitative estimate of drug-likeness (QED) is 0.250. The normalized spacial score (nSPS) is 13.9. The molecular formula is C37H23NO2. The minimum absolute atomic E-state index is 0.483. The molecule has 3 heteroatoms. The van der Waals surface area contributed by atoms with E-state index in [1.807, 2.05) is 24.3 Å². The highest BCUT2D eigenvalue weighted by atomic mass is 16.5. The number of fused-ring (bicyclic) bond motifs is 12. The van der Waals surface area contributed by atoms with Crippen molar-refractivity contribution in [1.29, 1.82) is 0 Å². The second-order valence-corrected chi connectivity index (χ2v) is 10.5. The van der Waals surface area contributed by atoms with Gasteiger partial charge in [0.05, 0.1) is 22.2 Å². The molecular weight excluding hydrogens is 490 g/mol. The van der Waals surface area contributed by atoms with Crippen LogP contribution in [0.3, 0.4) is 0 Å². The van der Waals surface area contributed by atoms with Gasteiger partial charge in [-0.2, -0.15) is 0 Å². The number of ether oxygens (including phenoxy) is 1. The minimum Gasteiger partial charge on any atom is -0.456 e. The van der Waals surface area contributed by atoms with Gasteiger partial charge in [-0.25, -0.2) is 0 Å². The Morgan fingerprint density at radius 3 is 1.90 bits per heavy atom. The van der Waals surface area contributed by atoms with Gasteiger partial charge in [-0.05, 0) is 52.6 Å². The Hall–Kier alpha value is -5.28. The molecule has 1 spiro atoms. The Morgan fingerprint density at radius 2 is 1.07 bits per heavy atom. The van der Waals surface area contributed by atoms with Crippen molar-refractivity contribution in [1.82, 2.24) is 0 Å². The Bertz CT molecular complexity index is 2090. The lowest BCUT2D eigenvalue weighted by Crippen LogP contribution is -2.32. The van der Waals surface area contributed by atoms with Crippen molar-refractivity contribution in [2.45, 2.75) is 5.41 Å². The predicted molar refractivity (Wildman–Crippen MR) is 161 cm³/mol. The molecule has 0 bridgehead atoms. The third-order valence-corrected chi connectivity index (χ3v) is 8.55. The average Bonchev–Trinajstić information content (AvgIpc) is 3.53. The lowest BCUT2D eigenvalue weighted by Gasteiger charge is -2.40. The maximum Gasteiger partial charge on any atom is 0.155 e. The van der Waals surface area contributed by atoms with Crippen LogP contribution in [-0.2, 0) is 5.41 Å². The minimum atomic E-state index is -0.483. The molecule has 0 amide bonds. The Labute approximate surface area is 231 Å². The highest BCUT2D eigenvalue weighted by Gasteiger charge is 2.51. The number of rotatable bonds is 2. The lowest BCUT2D eigenvalue weighted by molar-refractivity contribution is 0.438. The van der Waals surface area contributed by atoms with Crippen LogP contribution in [0.1, 0.15) is 22.3 Å². The summed E-state index contributed by atoms with van der Waals surface area (Å²) >= 11 is 0. The van der Waals surface area contributed by atoms with Crippen molar-refractivity contribution in [3.05, 3.63) is 156 Å². The standard InChI is InChI=1S/C37H23NO2/c1-4-14-26-23(11-1)24-12-2-5-15-27(24)37(26)28-16-6-8-21-33(28)40-36-29(37)17-9-19-31(36)38-30-18-10-22-34-35(30)25-13-3-7-20-32(25)39-34/h1-22,38H. The molecule has 0 saturated heterocycles. The van der Waals surface area contributed by atoms with E-state index in [2.05, 4.69) is 115 Å². The molecule has 188 valence electrons. The van der Waals surface area contributed by atoms with E-state index in [4.69, 9.17) is 9.15 Å². The highest BCUT2D eigenvalue weighted by molar-refractivity contribution is 6.12. The van der Waals surface area contributed by atoms with Gasteiger partial charge in [-0.15, -0.1) is 0 Å². The van der Waals surface area contributed by atoms with Crippen molar-refractivity contribution in [3.63, 3.8) is 0 Å². The number of para-hydroxylation sites is 3. The molecule has 1 aliphatic heterocycles. The molecule has 0 radical (unpaired) electrons. The molecule has 0 fully saturated rings. The van der Waals surface area contributed by atoms with E-state index in [0.29, 0.717) is 0 Å². The van der Waals surface area contributed by atoms with Gasteiger partial charge in [-0.3, -0.25) is 0 Å². The molecule has 6 aromatic carbocycles. The molecule has 1 aliphatic carbocycles. The van der Waals surface area contributed by atoms with Crippen LogP contribution in [0.5, 0.6) is 11.5 Å².